The zero-order valence-electron chi connectivity index (χ0n) is 27.6. The van der Waals surface area contributed by atoms with Crippen molar-refractivity contribution in [2.75, 3.05) is 4.90 Å². The van der Waals surface area contributed by atoms with Crippen LogP contribution in [-0.2, 0) is 16.2 Å². The van der Waals surface area contributed by atoms with E-state index in [1.54, 1.807) is 0 Å². The summed E-state index contributed by atoms with van der Waals surface area (Å²) in [4.78, 5) is 2.27. The molecule has 46 heavy (non-hydrogen) atoms. The van der Waals surface area contributed by atoms with Crippen molar-refractivity contribution in [2.45, 2.75) is 71.1 Å². The molecule has 1 aliphatic carbocycles. The minimum absolute atomic E-state index is 0.00271. The quantitative estimate of drug-likeness (QED) is 0.175. The number of hydrogen-bond acceptors (Lipinski definition) is 4. The van der Waals surface area contributed by atoms with Crippen molar-refractivity contribution >= 4 is 40.2 Å². The zero-order valence-corrected chi connectivity index (χ0v) is 27.6. The Bertz CT molecular complexity index is 2080. The van der Waals surface area contributed by atoms with Crippen LogP contribution >= 0.6 is 0 Å². The maximum absolute atomic E-state index is 7.18. The van der Waals surface area contributed by atoms with Gasteiger partial charge >= 0.3 is 0 Å². The van der Waals surface area contributed by atoms with E-state index < -0.39 is 0 Å². The molecule has 0 N–H and O–H groups in total. The van der Waals surface area contributed by atoms with E-state index in [4.69, 9.17) is 14.2 Å². The highest BCUT2D eigenvalue weighted by Crippen LogP contribution is 2.55. The van der Waals surface area contributed by atoms with Crippen molar-refractivity contribution in [1.82, 2.24) is 0 Å². The summed E-state index contributed by atoms with van der Waals surface area (Å²) >= 11 is 0. The predicted octanol–water partition coefficient (Wildman–Crippen LogP) is 9.25. The molecule has 4 nitrogen and oxygen atoms in total. The third-order valence-electron chi connectivity index (χ3n) is 10.5. The summed E-state index contributed by atoms with van der Waals surface area (Å²) in [5.74, 6) is 5.25. The van der Waals surface area contributed by atoms with Crippen LogP contribution in [0.25, 0.3) is 0 Å². The first-order valence-corrected chi connectivity index (χ1v) is 16.4. The number of para-hydroxylation sites is 4. The predicted molar refractivity (Wildman–Crippen MR) is 188 cm³/mol. The van der Waals surface area contributed by atoms with Crippen LogP contribution in [0.2, 0.25) is 0 Å². The minimum Gasteiger partial charge on any atom is -0.458 e. The molecule has 5 heteroatoms. The molecule has 0 atom stereocenters. The van der Waals surface area contributed by atoms with Gasteiger partial charge in [-0.3, -0.25) is 0 Å². The maximum atomic E-state index is 7.18. The van der Waals surface area contributed by atoms with E-state index in [1.165, 1.54) is 27.6 Å². The van der Waals surface area contributed by atoms with Crippen LogP contribution in [0, 0.1) is 0 Å². The minimum atomic E-state index is -0.0224. The first kappa shape index (κ1) is 27.7. The third-order valence-corrected chi connectivity index (χ3v) is 10.5. The lowest BCUT2D eigenvalue weighted by molar-refractivity contribution is 0.394. The van der Waals surface area contributed by atoms with Gasteiger partial charge in [0.2, 0.25) is 0 Å². The Hall–Kier alpha value is -4.64. The molecule has 0 radical (unpaired) electrons. The lowest BCUT2D eigenvalue weighted by Gasteiger charge is -2.38. The Kier molecular flexibility index (Phi) is 5.41. The Morgan fingerprint density at radius 3 is 1.93 bits per heavy atom. The van der Waals surface area contributed by atoms with Gasteiger partial charge in [-0.1, -0.05) is 97.0 Å². The lowest BCUT2D eigenvalue weighted by Crippen LogP contribution is -2.58. The molecule has 0 saturated carbocycles. The smallest absolute Gasteiger partial charge is 0.260 e. The standard InChI is InChI=1S/C41H38BNO3/c1-39(2,3)24-16-19-31-28(20-24)42-27-18-17-26-36(41(6,7)23-40(26,4)5)38(27)46-35-22-25(21-34(44-31)37(35)42)43-29-12-8-10-14-32(29)45-33-15-11-9-13-30(33)43/h8-22H,23H2,1-7H3. The highest BCUT2D eigenvalue weighted by atomic mass is 16.5. The maximum Gasteiger partial charge on any atom is 0.260 e. The molecular formula is C41H38BNO3. The van der Waals surface area contributed by atoms with Crippen molar-refractivity contribution in [3.63, 3.8) is 0 Å². The summed E-state index contributed by atoms with van der Waals surface area (Å²) in [5, 5.41) is 0. The fourth-order valence-corrected chi connectivity index (χ4v) is 8.65. The van der Waals surface area contributed by atoms with E-state index in [2.05, 4.69) is 120 Å². The van der Waals surface area contributed by atoms with Gasteiger partial charge in [0.05, 0.1) is 17.1 Å². The molecule has 0 fully saturated rings. The van der Waals surface area contributed by atoms with E-state index in [0.29, 0.717) is 0 Å². The van der Waals surface area contributed by atoms with Gasteiger partial charge < -0.3 is 19.1 Å². The van der Waals surface area contributed by atoms with Crippen molar-refractivity contribution in [3.8, 4) is 34.5 Å². The summed E-state index contributed by atoms with van der Waals surface area (Å²) in [6.07, 6.45) is 1.08. The molecule has 0 saturated heterocycles. The highest BCUT2D eigenvalue weighted by Gasteiger charge is 2.49. The summed E-state index contributed by atoms with van der Waals surface area (Å²) in [5.41, 5.74) is 10.6. The van der Waals surface area contributed by atoms with Gasteiger partial charge in [0.1, 0.15) is 23.0 Å². The zero-order chi connectivity index (χ0) is 31.7. The first-order chi connectivity index (χ1) is 21.9. The molecule has 5 aromatic carbocycles. The molecule has 0 spiro atoms. The van der Waals surface area contributed by atoms with Gasteiger partial charge in [-0.2, -0.15) is 0 Å². The molecule has 3 heterocycles. The van der Waals surface area contributed by atoms with Gasteiger partial charge in [0.15, 0.2) is 11.5 Å². The molecule has 4 aliphatic rings. The number of ether oxygens (including phenoxy) is 3. The van der Waals surface area contributed by atoms with Crippen LogP contribution in [0.5, 0.6) is 34.5 Å². The van der Waals surface area contributed by atoms with E-state index in [1.807, 2.05) is 24.3 Å². The first-order valence-electron chi connectivity index (χ1n) is 16.4. The van der Waals surface area contributed by atoms with Crippen LogP contribution in [0.1, 0.15) is 71.6 Å². The van der Waals surface area contributed by atoms with E-state index >= 15 is 0 Å². The summed E-state index contributed by atoms with van der Waals surface area (Å²) in [6.45, 7) is 16.3. The molecule has 228 valence electrons. The van der Waals surface area contributed by atoms with Gasteiger partial charge in [0.25, 0.3) is 6.71 Å². The van der Waals surface area contributed by atoms with Crippen LogP contribution in [0.15, 0.2) is 91.0 Å². The van der Waals surface area contributed by atoms with E-state index in [0.717, 1.165) is 63.4 Å². The van der Waals surface area contributed by atoms with Crippen LogP contribution in [-0.4, -0.2) is 6.71 Å². The Labute approximate surface area is 272 Å². The van der Waals surface area contributed by atoms with E-state index in [9.17, 15) is 0 Å². The van der Waals surface area contributed by atoms with Gasteiger partial charge in [-0.05, 0) is 75.1 Å². The molecule has 3 aliphatic heterocycles. The monoisotopic (exact) mass is 603 g/mol. The fraction of sp³-hybridized carbons (Fsp3) is 0.268. The van der Waals surface area contributed by atoms with Crippen molar-refractivity contribution in [2.24, 2.45) is 0 Å². The molecule has 9 rings (SSSR count). The highest BCUT2D eigenvalue weighted by molar-refractivity contribution is 6.98. The number of anilines is 3. The number of benzene rings is 5. The average Bonchev–Trinajstić information content (AvgIpc) is 3.21. The topological polar surface area (TPSA) is 30.9 Å². The van der Waals surface area contributed by atoms with E-state index in [-0.39, 0.29) is 23.0 Å². The lowest BCUT2D eigenvalue weighted by atomic mass is 9.34. The van der Waals surface area contributed by atoms with Gasteiger partial charge in [0, 0.05) is 23.2 Å². The number of fused-ring (bicyclic) bond motifs is 8. The SMILES string of the molecule is CC(C)(C)c1ccc2c(c1)B1c3ccc4c(c3Oc3cc(N5c6ccccc6Oc6ccccc65)cc(c31)O2)C(C)(C)CC4(C)C. The molecule has 0 amide bonds. The van der Waals surface area contributed by atoms with Crippen molar-refractivity contribution < 1.29 is 14.2 Å². The molecule has 5 aromatic rings. The normalized spacial score (nSPS) is 17.3. The molecular weight excluding hydrogens is 565 g/mol. The number of nitrogens with zero attached hydrogens (tertiary/aromatic N) is 1. The Morgan fingerprint density at radius 2 is 1.26 bits per heavy atom. The Balaban J connectivity index is 1.32. The number of rotatable bonds is 1. The second-order valence-electron chi connectivity index (χ2n) is 15.7. The average molecular weight is 604 g/mol. The summed E-state index contributed by atoms with van der Waals surface area (Å²) in [7, 11) is 0. The summed E-state index contributed by atoms with van der Waals surface area (Å²) in [6, 6.07) is 32.3. The fourth-order valence-electron chi connectivity index (χ4n) is 8.65. The summed E-state index contributed by atoms with van der Waals surface area (Å²) < 4.78 is 20.4. The van der Waals surface area contributed by atoms with Crippen molar-refractivity contribution in [3.05, 3.63) is 108 Å². The molecule has 0 bridgehead atoms. The van der Waals surface area contributed by atoms with Gasteiger partial charge in [-0.25, -0.2) is 0 Å². The Morgan fingerprint density at radius 1 is 0.630 bits per heavy atom. The second-order valence-corrected chi connectivity index (χ2v) is 15.7. The molecule has 0 unspecified atom stereocenters. The molecule has 0 aromatic heterocycles. The third kappa shape index (κ3) is 3.81. The largest absolute Gasteiger partial charge is 0.458 e. The number of hydrogen-bond donors (Lipinski definition) is 0. The van der Waals surface area contributed by atoms with Crippen molar-refractivity contribution in [1.29, 1.82) is 0 Å². The second kappa shape index (κ2) is 9.00. The van der Waals surface area contributed by atoms with Crippen LogP contribution in [0.4, 0.5) is 17.1 Å². The van der Waals surface area contributed by atoms with Gasteiger partial charge in [-0.15, -0.1) is 0 Å². The van der Waals surface area contributed by atoms with Crippen LogP contribution in [0.3, 0.4) is 0 Å². The van der Waals surface area contributed by atoms with Crippen LogP contribution < -0.4 is 35.5 Å².